The molecule has 1 nitrogen and oxygen atoms in total. The molecule has 16 heavy (non-hydrogen) atoms. The van der Waals surface area contributed by atoms with E-state index in [1.54, 1.807) is 0 Å². The second kappa shape index (κ2) is 3.44. The van der Waals surface area contributed by atoms with Crippen molar-refractivity contribution in [1.29, 1.82) is 0 Å². The number of Topliss-reactive ketones (excluding diaryl/α,β-unsaturated/α-hetero) is 1. The molecule has 0 N–H and O–H groups in total. The predicted octanol–water partition coefficient (Wildman–Crippen LogP) is 3.68. The van der Waals surface area contributed by atoms with Crippen molar-refractivity contribution in [1.82, 2.24) is 0 Å². The van der Waals surface area contributed by atoms with E-state index in [9.17, 15) is 4.79 Å². The van der Waals surface area contributed by atoms with E-state index in [0.717, 1.165) is 31.2 Å². The first-order valence-electron chi connectivity index (χ1n) is 6.36. The lowest BCUT2D eigenvalue weighted by Gasteiger charge is -2.33. The Morgan fingerprint density at radius 3 is 2.62 bits per heavy atom. The van der Waals surface area contributed by atoms with Gasteiger partial charge in [-0.1, -0.05) is 36.6 Å². The van der Waals surface area contributed by atoms with Gasteiger partial charge in [-0.2, -0.15) is 0 Å². The Kier molecular flexibility index (Phi) is 2.17. The fourth-order valence-corrected chi connectivity index (χ4v) is 3.45. The molecule has 0 aromatic heterocycles. The summed E-state index contributed by atoms with van der Waals surface area (Å²) in [7, 11) is 0. The van der Waals surface area contributed by atoms with E-state index in [-0.39, 0.29) is 5.41 Å². The molecule has 0 heterocycles. The summed E-state index contributed by atoms with van der Waals surface area (Å²) >= 11 is 0. The topological polar surface area (TPSA) is 17.1 Å². The maximum atomic E-state index is 12.6. The quantitative estimate of drug-likeness (QED) is 0.643. The van der Waals surface area contributed by atoms with Gasteiger partial charge in [0, 0.05) is 11.0 Å². The minimum Gasteiger partial charge on any atom is -0.294 e. The first-order valence-corrected chi connectivity index (χ1v) is 6.36. The molecule has 0 unspecified atom stereocenters. The molecule has 1 heteroatoms. The first kappa shape index (κ1) is 10.1. The summed E-state index contributed by atoms with van der Waals surface area (Å²) in [6.07, 6.45) is 6.92. The van der Waals surface area contributed by atoms with Crippen molar-refractivity contribution < 1.29 is 4.79 Å². The molecule has 3 rings (SSSR count). The summed E-state index contributed by atoms with van der Waals surface area (Å²) < 4.78 is 0. The molecule has 84 valence electrons. The lowest BCUT2D eigenvalue weighted by Crippen LogP contribution is -2.33. The van der Waals surface area contributed by atoms with Crippen molar-refractivity contribution in [3.8, 4) is 0 Å². The molecule has 0 radical (unpaired) electrons. The molecule has 0 saturated heterocycles. The molecule has 0 atom stereocenters. The third-order valence-corrected chi connectivity index (χ3v) is 4.42. The zero-order chi connectivity index (χ0) is 11.2. The van der Waals surface area contributed by atoms with Crippen LogP contribution in [0.15, 0.2) is 18.2 Å². The van der Waals surface area contributed by atoms with Gasteiger partial charge >= 0.3 is 0 Å². The number of rotatable bonds is 0. The predicted molar refractivity (Wildman–Crippen MR) is 64.7 cm³/mol. The van der Waals surface area contributed by atoms with Crippen LogP contribution in [-0.2, 0) is 6.42 Å². The van der Waals surface area contributed by atoms with Crippen LogP contribution in [0.1, 0.15) is 53.6 Å². The van der Waals surface area contributed by atoms with Crippen molar-refractivity contribution in [2.45, 2.75) is 45.4 Å². The number of carbonyl (C=O) groups excluding carboxylic acids is 1. The van der Waals surface area contributed by atoms with Crippen molar-refractivity contribution in [3.63, 3.8) is 0 Å². The standard InChI is InChI=1S/C15H18O/c1-11-4-5-13-12(10-11)6-9-15(14(13)16)7-2-3-8-15/h4-5,10H,2-3,6-9H2,1H3. The van der Waals surface area contributed by atoms with Gasteiger partial charge in [-0.3, -0.25) is 4.79 Å². The van der Waals surface area contributed by atoms with Crippen LogP contribution in [0.2, 0.25) is 0 Å². The molecule has 1 spiro atoms. The second-order valence-electron chi connectivity index (χ2n) is 5.48. The minimum absolute atomic E-state index is 0.0300. The van der Waals surface area contributed by atoms with Gasteiger partial charge in [0.15, 0.2) is 5.78 Å². The molecular weight excluding hydrogens is 196 g/mol. The van der Waals surface area contributed by atoms with E-state index in [1.165, 1.54) is 24.0 Å². The average Bonchev–Trinajstić information content (AvgIpc) is 2.74. The van der Waals surface area contributed by atoms with E-state index in [4.69, 9.17) is 0 Å². The van der Waals surface area contributed by atoms with Crippen LogP contribution < -0.4 is 0 Å². The summed E-state index contributed by atoms with van der Waals surface area (Å²) in [6, 6.07) is 6.31. The largest absolute Gasteiger partial charge is 0.294 e. The number of carbonyl (C=O) groups is 1. The van der Waals surface area contributed by atoms with Gasteiger partial charge in [-0.25, -0.2) is 0 Å². The third-order valence-electron chi connectivity index (χ3n) is 4.42. The molecule has 1 fully saturated rings. The van der Waals surface area contributed by atoms with E-state index >= 15 is 0 Å². The zero-order valence-electron chi connectivity index (χ0n) is 9.88. The van der Waals surface area contributed by atoms with E-state index in [0.29, 0.717) is 5.78 Å². The number of fused-ring (bicyclic) bond motifs is 1. The normalized spacial score (nSPS) is 22.4. The highest BCUT2D eigenvalue weighted by molar-refractivity contribution is 6.03. The van der Waals surface area contributed by atoms with Crippen molar-refractivity contribution in [3.05, 3.63) is 34.9 Å². The summed E-state index contributed by atoms with van der Waals surface area (Å²) in [6.45, 7) is 2.10. The Morgan fingerprint density at radius 1 is 1.12 bits per heavy atom. The fourth-order valence-electron chi connectivity index (χ4n) is 3.45. The van der Waals surface area contributed by atoms with Gasteiger partial charge in [-0.15, -0.1) is 0 Å². The number of benzene rings is 1. The lowest BCUT2D eigenvalue weighted by atomic mass is 9.69. The maximum Gasteiger partial charge on any atom is 0.169 e. The third kappa shape index (κ3) is 1.34. The van der Waals surface area contributed by atoms with Gasteiger partial charge in [0.25, 0.3) is 0 Å². The first-order chi connectivity index (χ1) is 7.71. The van der Waals surface area contributed by atoms with Gasteiger partial charge in [0.1, 0.15) is 0 Å². The molecule has 1 saturated carbocycles. The number of ketones is 1. The van der Waals surface area contributed by atoms with E-state index < -0.39 is 0 Å². The Hall–Kier alpha value is -1.11. The van der Waals surface area contributed by atoms with E-state index in [2.05, 4.69) is 19.1 Å². The fraction of sp³-hybridized carbons (Fsp3) is 0.533. The maximum absolute atomic E-state index is 12.6. The van der Waals surface area contributed by atoms with Crippen LogP contribution in [0.3, 0.4) is 0 Å². The SMILES string of the molecule is Cc1ccc2c(c1)CCC1(CCCC1)C2=O. The zero-order valence-corrected chi connectivity index (χ0v) is 9.88. The van der Waals surface area contributed by atoms with Crippen molar-refractivity contribution in [2.24, 2.45) is 5.41 Å². The van der Waals surface area contributed by atoms with Crippen LogP contribution in [0.25, 0.3) is 0 Å². The second-order valence-corrected chi connectivity index (χ2v) is 5.48. The van der Waals surface area contributed by atoms with Gasteiger partial charge < -0.3 is 0 Å². The Morgan fingerprint density at radius 2 is 1.88 bits per heavy atom. The van der Waals surface area contributed by atoms with Crippen LogP contribution in [0, 0.1) is 12.3 Å². The average molecular weight is 214 g/mol. The highest BCUT2D eigenvalue weighted by Gasteiger charge is 2.43. The Bertz CT molecular complexity index is 439. The number of hydrogen-bond acceptors (Lipinski definition) is 1. The summed E-state index contributed by atoms with van der Waals surface area (Å²) in [4.78, 5) is 12.6. The van der Waals surface area contributed by atoms with E-state index in [1.807, 2.05) is 6.07 Å². The van der Waals surface area contributed by atoms with Crippen molar-refractivity contribution >= 4 is 5.78 Å². The minimum atomic E-state index is 0.0300. The Labute approximate surface area is 96.9 Å². The Balaban J connectivity index is 2.05. The highest BCUT2D eigenvalue weighted by atomic mass is 16.1. The number of hydrogen-bond donors (Lipinski definition) is 0. The smallest absolute Gasteiger partial charge is 0.169 e. The molecule has 0 bridgehead atoms. The number of aryl methyl sites for hydroxylation is 2. The monoisotopic (exact) mass is 214 g/mol. The van der Waals surface area contributed by atoms with Crippen LogP contribution in [0.5, 0.6) is 0 Å². The van der Waals surface area contributed by atoms with Crippen LogP contribution in [-0.4, -0.2) is 5.78 Å². The van der Waals surface area contributed by atoms with Gasteiger partial charge in [0.05, 0.1) is 0 Å². The summed E-state index contributed by atoms with van der Waals surface area (Å²) in [5.41, 5.74) is 3.60. The molecular formula is C15H18O. The van der Waals surface area contributed by atoms with Gasteiger partial charge in [0.2, 0.25) is 0 Å². The van der Waals surface area contributed by atoms with Crippen LogP contribution in [0.4, 0.5) is 0 Å². The summed E-state index contributed by atoms with van der Waals surface area (Å²) in [5.74, 6) is 0.436. The molecule has 0 aliphatic heterocycles. The molecule has 1 aromatic carbocycles. The summed E-state index contributed by atoms with van der Waals surface area (Å²) in [5, 5.41) is 0. The molecule has 0 amide bonds. The molecule has 2 aliphatic carbocycles. The highest BCUT2D eigenvalue weighted by Crippen LogP contribution is 2.47. The molecule has 1 aromatic rings. The molecule has 2 aliphatic rings. The van der Waals surface area contributed by atoms with Gasteiger partial charge in [-0.05, 0) is 38.2 Å². The van der Waals surface area contributed by atoms with Crippen molar-refractivity contribution in [2.75, 3.05) is 0 Å². The van der Waals surface area contributed by atoms with Crippen LogP contribution >= 0.6 is 0 Å². The lowest BCUT2D eigenvalue weighted by molar-refractivity contribution is 0.0765.